The topological polar surface area (TPSA) is 96.4 Å². The van der Waals surface area contributed by atoms with Gasteiger partial charge in [0.2, 0.25) is 5.95 Å². The lowest BCUT2D eigenvalue weighted by Crippen LogP contribution is -2.14. The van der Waals surface area contributed by atoms with E-state index in [1.54, 1.807) is 31.6 Å². The Balaban J connectivity index is 1.91. The number of hydrogen-bond acceptors (Lipinski definition) is 7. The van der Waals surface area contributed by atoms with Crippen LogP contribution in [0.1, 0.15) is 5.56 Å². The largest absolute Gasteiger partial charge is 0.504 e. The van der Waals surface area contributed by atoms with Gasteiger partial charge < -0.3 is 14.6 Å². The molecule has 8 nitrogen and oxygen atoms in total. The van der Waals surface area contributed by atoms with E-state index in [1.165, 1.54) is 7.11 Å². The average Bonchev–Trinajstić information content (AvgIpc) is 3.17. The van der Waals surface area contributed by atoms with Crippen LogP contribution in [0.2, 0.25) is 0 Å². The molecule has 142 valence electrons. The lowest BCUT2D eigenvalue weighted by molar-refractivity contribution is 0.373. The van der Waals surface area contributed by atoms with Gasteiger partial charge in [0, 0.05) is 12.3 Å². The van der Waals surface area contributed by atoms with Crippen LogP contribution >= 0.6 is 0 Å². The molecule has 0 aliphatic carbocycles. The summed E-state index contributed by atoms with van der Waals surface area (Å²) in [7, 11) is 3.14. The van der Waals surface area contributed by atoms with E-state index in [2.05, 4.69) is 20.2 Å². The summed E-state index contributed by atoms with van der Waals surface area (Å²) in [5.41, 5.74) is 3.12. The van der Waals surface area contributed by atoms with Gasteiger partial charge in [0.05, 0.1) is 37.2 Å². The lowest BCUT2D eigenvalue weighted by Gasteiger charge is -2.25. The molecule has 0 spiro atoms. The monoisotopic (exact) mass is 377 g/mol. The molecule has 4 aromatic rings. The second kappa shape index (κ2) is 7.07. The van der Waals surface area contributed by atoms with Gasteiger partial charge in [0.25, 0.3) is 0 Å². The summed E-state index contributed by atoms with van der Waals surface area (Å²) in [6.45, 7) is 1.98. The Morgan fingerprint density at radius 3 is 2.61 bits per heavy atom. The molecule has 0 aliphatic rings. The fourth-order valence-corrected chi connectivity index (χ4v) is 3.02. The molecule has 8 heteroatoms. The molecule has 0 saturated carbocycles. The number of aromatic nitrogens is 4. The van der Waals surface area contributed by atoms with Gasteiger partial charge in [-0.15, -0.1) is 0 Å². The van der Waals surface area contributed by atoms with E-state index in [-0.39, 0.29) is 5.75 Å². The zero-order chi connectivity index (χ0) is 19.7. The number of phenols is 1. The number of benzene rings is 2. The fourth-order valence-electron chi connectivity index (χ4n) is 3.02. The molecule has 0 fully saturated rings. The maximum absolute atomic E-state index is 10.3. The van der Waals surface area contributed by atoms with E-state index in [0.29, 0.717) is 23.0 Å². The van der Waals surface area contributed by atoms with Crippen LogP contribution in [0.25, 0.3) is 11.0 Å². The number of rotatable bonds is 5. The molecular formula is C20H19N5O3. The molecule has 2 N–H and O–H groups in total. The molecule has 0 unspecified atom stereocenters. The Kier molecular flexibility index (Phi) is 4.44. The standard InChI is InChI=1S/C20H19N5O3/c1-12-8-15(27-2)5-6-16(12)25(14-4-7-18(28-3)17(26)9-14)20-21-10-13-11-22-24-19(13)23-20/h4-11,26H,1-3H3,(H,21,22,23,24). The summed E-state index contributed by atoms with van der Waals surface area (Å²) in [6, 6.07) is 10.9. The number of nitrogens with one attached hydrogen (secondary N) is 1. The molecule has 0 aliphatic heterocycles. The van der Waals surface area contributed by atoms with Crippen molar-refractivity contribution in [3.8, 4) is 17.2 Å². The zero-order valence-corrected chi connectivity index (χ0v) is 15.7. The highest BCUT2D eigenvalue weighted by Crippen LogP contribution is 2.39. The Bertz CT molecular complexity index is 1140. The van der Waals surface area contributed by atoms with Crippen LogP contribution in [-0.2, 0) is 0 Å². The molecule has 0 bridgehead atoms. The molecule has 0 atom stereocenters. The number of aromatic hydroxyl groups is 1. The quantitative estimate of drug-likeness (QED) is 0.545. The van der Waals surface area contributed by atoms with Gasteiger partial charge in [-0.2, -0.15) is 10.1 Å². The van der Waals surface area contributed by atoms with Crippen molar-refractivity contribution in [1.82, 2.24) is 20.2 Å². The molecule has 0 radical (unpaired) electrons. The first-order valence-corrected chi connectivity index (χ1v) is 8.58. The average molecular weight is 377 g/mol. The number of methoxy groups -OCH3 is 2. The maximum Gasteiger partial charge on any atom is 0.236 e. The van der Waals surface area contributed by atoms with Crippen LogP contribution in [0.3, 0.4) is 0 Å². The SMILES string of the molecule is COc1ccc(N(c2ccc(OC)c(O)c2)c2ncc3cn[nH]c3n2)c(C)c1. The van der Waals surface area contributed by atoms with Crippen molar-refractivity contribution >= 4 is 28.4 Å². The number of H-pyrrole nitrogens is 1. The minimum absolute atomic E-state index is 0.0267. The summed E-state index contributed by atoms with van der Waals surface area (Å²) in [5.74, 6) is 1.61. The van der Waals surface area contributed by atoms with Crippen LogP contribution in [0.15, 0.2) is 48.8 Å². The van der Waals surface area contributed by atoms with E-state index >= 15 is 0 Å². The third kappa shape index (κ3) is 3.05. The van der Waals surface area contributed by atoms with Crippen LogP contribution in [0, 0.1) is 6.92 Å². The predicted octanol–water partition coefficient (Wildman–Crippen LogP) is 3.85. The number of anilines is 3. The molecule has 0 amide bonds. The Morgan fingerprint density at radius 2 is 1.89 bits per heavy atom. The number of aromatic amines is 1. The van der Waals surface area contributed by atoms with Crippen LogP contribution in [0.5, 0.6) is 17.2 Å². The highest BCUT2D eigenvalue weighted by atomic mass is 16.5. The van der Waals surface area contributed by atoms with E-state index in [1.807, 2.05) is 36.1 Å². The first-order valence-electron chi connectivity index (χ1n) is 8.58. The molecule has 0 saturated heterocycles. The van der Waals surface area contributed by atoms with Crippen molar-refractivity contribution in [3.05, 3.63) is 54.4 Å². The van der Waals surface area contributed by atoms with Gasteiger partial charge >= 0.3 is 0 Å². The van der Waals surface area contributed by atoms with Crippen LogP contribution in [-0.4, -0.2) is 39.5 Å². The van der Waals surface area contributed by atoms with Crippen molar-refractivity contribution in [2.24, 2.45) is 0 Å². The van der Waals surface area contributed by atoms with Gasteiger partial charge in [0.1, 0.15) is 5.75 Å². The highest BCUT2D eigenvalue weighted by Gasteiger charge is 2.20. The van der Waals surface area contributed by atoms with Crippen molar-refractivity contribution in [1.29, 1.82) is 0 Å². The normalized spacial score (nSPS) is 10.8. The molecule has 2 aromatic heterocycles. The second-order valence-corrected chi connectivity index (χ2v) is 6.19. The number of aryl methyl sites for hydroxylation is 1. The van der Waals surface area contributed by atoms with Gasteiger partial charge in [-0.25, -0.2) is 4.98 Å². The van der Waals surface area contributed by atoms with Gasteiger partial charge in [-0.1, -0.05) is 0 Å². The second-order valence-electron chi connectivity index (χ2n) is 6.19. The summed E-state index contributed by atoms with van der Waals surface area (Å²) in [4.78, 5) is 11.0. The predicted molar refractivity (Wildman–Crippen MR) is 106 cm³/mol. The van der Waals surface area contributed by atoms with Crippen molar-refractivity contribution in [2.45, 2.75) is 6.92 Å². The maximum atomic E-state index is 10.3. The van der Waals surface area contributed by atoms with E-state index in [0.717, 1.165) is 22.4 Å². The number of phenolic OH excluding ortho intramolecular Hbond substituents is 1. The van der Waals surface area contributed by atoms with Gasteiger partial charge in [-0.05, 0) is 42.8 Å². The Hall–Kier alpha value is -3.81. The van der Waals surface area contributed by atoms with E-state index in [9.17, 15) is 5.11 Å². The van der Waals surface area contributed by atoms with Crippen molar-refractivity contribution < 1.29 is 14.6 Å². The molecule has 2 aromatic carbocycles. The zero-order valence-electron chi connectivity index (χ0n) is 15.7. The Labute approximate surface area is 161 Å². The smallest absolute Gasteiger partial charge is 0.236 e. The van der Waals surface area contributed by atoms with Gasteiger partial charge in [0.15, 0.2) is 17.1 Å². The summed E-state index contributed by atoms with van der Waals surface area (Å²) in [6.07, 6.45) is 3.37. The van der Waals surface area contributed by atoms with Crippen LogP contribution in [0.4, 0.5) is 17.3 Å². The first kappa shape index (κ1) is 17.6. The number of ether oxygens (including phenoxy) is 2. The number of hydrogen-bond donors (Lipinski definition) is 2. The number of nitrogens with zero attached hydrogens (tertiary/aromatic N) is 4. The van der Waals surface area contributed by atoms with E-state index < -0.39 is 0 Å². The summed E-state index contributed by atoms with van der Waals surface area (Å²) in [5, 5.41) is 18.0. The fraction of sp³-hybridized carbons (Fsp3) is 0.150. The van der Waals surface area contributed by atoms with E-state index in [4.69, 9.17) is 9.47 Å². The van der Waals surface area contributed by atoms with Gasteiger partial charge in [-0.3, -0.25) is 10.00 Å². The molecule has 2 heterocycles. The summed E-state index contributed by atoms with van der Waals surface area (Å²) < 4.78 is 10.5. The molecule has 28 heavy (non-hydrogen) atoms. The molecule has 4 rings (SSSR count). The molecular weight excluding hydrogens is 358 g/mol. The lowest BCUT2D eigenvalue weighted by atomic mass is 10.1. The highest BCUT2D eigenvalue weighted by molar-refractivity contribution is 5.80. The van der Waals surface area contributed by atoms with Crippen molar-refractivity contribution in [3.63, 3.8) is 0 Å². The van der Waals surface area contributed by atoms with Crippen molar-refractivity contribution in [2.75, 3.05) is 19.1 Å². The number of fused-ring (bicyclic) bond motifs is 1. The third-order valence-corrected chi connectivity index (χ3v) is 4.44. The Morgan fingerprint density at radius 1 is 1.04 bits per heavy atom. The first-order chi connectivity index (χ1) is 13.6. The minimum Gasteiger partial charge on any atom is -0.504 e. The third-order valence-electron chi connectivity index (χ3n) is 4.44. The van der Waals surface area contributed by atoms with Crippen LogP contribution < -0.4 is 14.4 Å². The summed E-state index contributed by atoms with van der Waals surface area (Å²) >= 11 is 0. The minimum atomic E-state index is 0.0267.